The van der Waals surface area contributed by atoms with E-state index >= 15 is 0 Å². The van der Waals surface area contributed by atoms with Gasteiger partial charge in [-0.2, -0.15) is 0 Å². The van der Waals surface area contributed by atoms with E-state index in [9.17, 15) is 13.6 Å². The van der Waals surface area contributed by atoms with Crippen molar-refractivity contribution in [2.45, 2.75) is 51.1 Å². The number of halogens is 2. The van der Waals surface area contributed by atoms with E-state index in [0.29, 0.717) is 5.91 Å². The van der Waals surface area contributed by atoms with E-state index in [0.717, 1.165) is 90.4 Å². The van der Waals surface area contributed by atoms with Crippen LogP contribution in [0.4, 0.5) is 8.78 Å². The van der Waals surface area contributed by atoms with Crippen molar-refractivity contribution >= 4 is 5.91 Å². The van der Waals surface area contributed by atoms with E-state index in [1.54, 1.807) is 0 Å². The van der Waals surface area contributed by atoms with Gasteiger partial charge in [0, 0.05) is 56.9 Å². The van der Waals surface area contributed by atoms with Crippen molar-refractivity contribution in [2.24, 2.45) is 11.8 Å². The maximum Gasteiger partial charge on any atom is 0.225 e. The van der Waals surface area contributed by atoms with Gasteiger partial charge in [0.1, 0.15) is 11.6 Å². The van der Waals surface area contributed by atoms with Crippen molar-refractivity contribution in [3.63, 3.8) is 0 Å². The van der Waals surface area contributed by atoms with Gasteiger partial charge in [-0.05, 0) is 69.7 Å². The summed E-state index contributed by atoms with van der Waals surface area (Å²) in [5, 5.41) is 3.27. The largest absolute Gasteiger partial charge is 0.381 e. The lowest BCUT2D eigenvalue weighted by Crippen LogP contribution is -2.49. The van der Waals surface area contributed by atoms with Crippen LogP contribution >= 0.6 is 0 Å². The number of hydrogen-bond acceptors (Lipinski definition) is 4. The first-order chi connectivity index (χ1) is 15.1. The summed E-state index contributed by atoms with van der Waals surface area (Å²) in [5.41, 5.74) is 0.0912. The van der Waals surface area contributed by atoms with E-state index in [1.165, 1.54) is 18.2 Å². The summed E-state index contributed by atoms with van der Waals surface area (Å²) in [5.74, 6) is 0.157. The molecule has 0 unspecified atom stereocenters. The first kappa shape index (κ1) is 22.6. The van der Waals surface area contributed by atoms with Crippen LogP contribution in [0.2, 0.25) is 0 Å². The Labute approximate surface area is 184 Å². The molecule has 172 valence electrons. The van der Waals surface area contributed by atoms with Gasteiger partial charge in [-0.15, -0.1) is 0 Å². The molecule has 0 radical (unpaired) electrons. The molecule has 1 N–H and O–H groups in total. The summed E-state index contributed by atoms with van der Waals surface area (Å²) < 4.78 is 33.0. The van der Waals surface area contributed by atoms with E-state index in [-0.39, 0.29) is 24.1 Å². The third-order valence-corrected chi connectivity index (χ3v) is 7.23. The minimum Gasteiger partial charge on any atom is -0.381 e. The van der Waals surface area contributed by atoms with Crippen LogP contribution in [0.3, 0.4) is 0 Å². The average molecular weight is 436 g/mol. The molecule has 0 saturated carbocycles. The lowest BCUT2D eigenvalue weighted by atomic mass is 9.92. The third-order valence-electron chi connectivity index (χ3n) is 7.23. The first-order valence-corrected chi connectivity index (χ1v) is 11.9. The van der Waals surface area contributed by atoms with Crippen molar-refractivity contribution in [3.05, 3.63) is 35.4 Å². The number of piperidine rings is 2. The Morgan fingerprint density at radius 3 is 2.26 bits per heavy atom. The highest BCUT2D eigenvalue weighted by Crippen LogP contribution is 2.24. The van der Waals surface area contributed by atoms with Crippen LogP contribution in [0.15, 0.2) is 18.2 Å². The van der Waals surface area contributed by atoms with Crippen molar-refractivity contribution in [2.75, 3.05) is 45.9 Å². The van der Waals surface area contributed by atoms with Gasteiger partial charge in [0.2, 0.25) is 5.91 Å². The number of carbonyl (C=O) groups is 1. The Kier molecular flexibility index (Phi) is 7.91. The second-order valence-electron chi connectivity index (χ2n) is 9.31. The van der Waals surface area contributed by atoms with Crippen LogP contribution in [-0.4, -0.2) is 67.7 Å². The van der Waals surface area contributed by atoms with E-state index < -0.39 is 11.6 Å². The molecule has 1 aromatic carbocycles. The Morgan fingerprint density at radius 2 is 1.61 bits per heavy atom. The summed E-state index contributed by atoms with van der Waals surface area (Å²) in [6, 6.07) is 4.14. The lowest BCUT2D eigenvalue weighted by Gasteiger charge is -2.38. The lowest BCUT2D eigenvalue weighted by molar-refractivity contribution is -0.138. The molecule has 3 aliphatic rings. The quantitative estimate of drug-likeness (QED) is 0.746. The molecule has 3 saturated heterocycles. The minimum absolute atomic E-state index is 0.0912. The van der Waals surface area contributed by atoms with Crippen molar-refractivity contribution in [3.8, 4) is 0 Å². The van der Waals surface area contributed by atoms with E-state index in [2.05, 4.69) is 10.2 Å². The number of hydrogen-bond donors (Lipinski definition) is 1. The smallest absolute Gasteiger partial charge is 0.225 e. The minimum atomic E-state index is -0.511. The van der Waals surface area contributed by atoms with Crippen molar-refractivity contribution in [1.29, 1.82) is 0 Å². The maximum absolute atomic E-state index is 13.8. The molecule has 4 rings (SSSR count). The number of amides is 1. The van der Waals surface area contributed by atoms with Crippen LogP contribution in [-0.2, 0) is 16.1 Å². The molecule has 5 nitrogen and oxygen atoms in total. The van der Waals surface area contributed by atoms with Gasteiger partial charge in [-0.25, -0.2) is 8.78 Å². The molecule has 0 aliphatic carbocycles. The van der Waals surface area contributed by atoms with Crippen LogP contribution in [0.5, 0.6) is 0 Å². The number of rotatable bonds is 6. The second kappa shape index (κ2) is 10.8. The monoisotopic (exact) mass is 435 g/mol. The normalized spacial score (nSPS) is 22.7. The van der Waals surface area contributed by atoms with Crippen LogP contribution in [0, 0.1) is 23.5 Å². The predicted octanol–water partition coefficient (Wildman–Crippen LogP) is 3.18. The second-order valence-corrected chi connectivity index (χ2v) is 9.31. The number of nitrogens with zero attached hydrogens (tertiary/aromatic N) is 2. The fourth-order valence-electron chi connectivity index (χ4n) is 5.17. The topological polar surface area (TPSA) is 44.8 Å². The van der Waals surface area contributed by atoms with E-state index in [4.69, 9.17) is 4.74 Å². The molecule has 0 aromatic heterocycles. The SMILES string of the molecule is O=C(C1CCN(CC2CCOCC2)CC1)N1CCC(NCc2c(F)cccc2F)CC1. The highest BCUT2D eigenvalue weighted by molar-refractivity contribution is 5.79. The van der Waals surface area contributed by atoms with Crippen LogP contribution < -0.4 is 5.32 Å². The number of ether oxygens (including phenoxy) is 1. The third kappa shape index (κ3) is 6.02. The van der Waals surface area contributed by atoms with Gasteiger partial charge in [0.05, 0.1) is 0 Å². The summed E-state index contributed by atoms with van der Waals surface area (Å²) in [4.78, 5) is 17.5. The van der Waals surface area contributed by atoms with Crippen molar-refractivity contribution in [1.82, 2.24) is 15.1 Å². The Hall–Kier alpha value is -1.57. The molecule has 3 heterocycles. The molecule has 0 atom stereocenters. The molecule has 1 aromatic rings. The summed E-state index contributed by atoms with van der Waals surface area (Å²) in [6.07, 6.45) is 5.87. The predicted molar refractivity (Wildman–Crippen MR) is 116 cm³/mol. The van der Waals surface area contributed by atoms with Gasteiger partial charge in [-0.3, -0.25) is 4.79 Å². The molecule has 3 fully saturated rings. The summed E-state index contributed by atoms with van der Waals surface area (Å²) in [7, 11) is 0. The number of likely N-dealkylation sites (tertiary alicyclic amines) is 2. The highest BCUT2D eigenvalue weighted by atomic mass is 19.1. The molecule has 31 heavy (non-hydrogen) atoms. The van der Waals surface area contributed by atoms with Gasteiger partial charge in [0.15, 0.2) is 0 Å². The fourth-order valence-corrected chi connectivity index (χ4v) is 5.17. The zero-order chi connectivity index (χ0) is 21.6. The summed E-state index contributed by atoms with van der Waals surface area (Å²) in [6.45, 7) is 6.57. The first-order valence-electron chi connectivity index (χ1n) is 11.9. The Bertz CT molecular complexity index is 705. The van der Waals surface area contributed by atoms with Crippen LogP contribution in [0.25, 0.3) is 0 Å². The molecular weight excluding hydrogens is 400 g/mol. The molecular formula is C24H35F2N3O2. The molecule has 0 bridgehead atoms. The number of benzene rings is 1. The van der Waals surface area contributed by atoms with Crippen molar-refractivity contribution < 1.29 is 18.3 Å². The van der Waals surface area contributed by atoms with E-state index in [1.807, 2.05) is 4.90 Å². The maximum atomic E-state index is 13.8. The number of nitrogens with one attached hydrogen (secondary N) is 1. The van der Waals surface area contributed by atoms with Gasteiger partial charge >= 0.3 is 0 Å². The zero-order valence-electron chi connectivity index (χ0n) is 18.3. The number of carbonyl (C=O) groups excluding carboxylic acids is 1. The zero-order valence-corrected chi connectivity index (χ0v) is 18.3. The van der Waals surface area contributed by atoms with Gasteiger partial charge in [-0.1, -0.05) is 6.07 Å². The Balaban J connectivity index is 1.17. The Morgan fingerprint density at radius 1 is 0.968 bits per heavy atom. The molecule has 0 spiro atoms. The molecule has 1 amide bonds. The highest BCUT2D eigenvalue weighted by Gasteiger charge is 2.31. The average Bonchev–Trinajstić information content (AvgIpc) is 2.80. The molecule has 3 aliphatic heterocycles. The van der Waals surface area contributed by atoms with Crippen LogP contribution in [0.1, 0.15) is 44.1 Å². The van der Waals surface area contributed by atoms with Gasteiger partial charge in [0.25, 0.3) is 0 Å². The molecule has 7 heteroatoms. The summed E-state index contributed by atoms with van der Waals surface area (Å²) >= 11 is 0. The van der Waals surface area contributed by atoms with Gasteiger partial charge < -0.3 is 19.9 Å². The fraction of sp³-hybridized carbons (Fsp3) is 0.708. The standard InChI is InChI=1S/C24H35F2N3O2/c25-22-2-1-3-23(26)21(22)16-27-20-6-12-29(13-7-20)24(30)19-4-10-28(11-5-19)17-18-8-14-31-15-9-18/h1-3,18-20,27H,4-17H2.